The Morgan fingerprint density at radius 3 is 2.14 bits per heavy atom. The molecule has 0 spiro atoms. The Bertz CT molecular complexity index is 596. The first-order valence-electron chi connectivity index (χ1n) is 6.80. The Morgan fingerprint density at radius 1 is 1.00 bits per heavy atom. The van der Waals surface area contributed by atoms with Crippen molar-refractivity contribution >= 4 is 17.4 Å². The minimum Gasteiger partial charge on any atom is -0.460 e. The van der Waals surface area contributed by atoms with Gasteiger partial charge in [0.05, 0.1) is 6.61 Å². The van der Waals surface area contributed by atoms with Gasteiger partial charge >= 0.3 is 5.97 Å². The predicted octanol–water partition coefficient (Wildman–Crippen LogP) is 2.97. The van der Waals surface area contributed by atoms with Crippen molar-refractivity contribution in [2.75, 3.05) is 11.9 Å². The second-order valence-electron chi connectivity index (χ2n) is 4.44. The van der Waals surface area contributed by atoms with Crippen molar-refractivity contribution in [1.82, 2.24) is 0 Å². The van der Waals surface area contributed by atoms with Crippen LogP contribution in [0.5, 0.6) is 0 Å². The van der Waals surface area contributed by atoms with Gasteiger partial charge in [0.15, 0.2) is 0 Å². The van der Waals surface area contributed by atoms with Crippen molar-refractivity contribution in [1.29, 1.82) is 0 Å². The Kier molecular flexibility index (Phi) is 5.10. The highest BCUT2D eigenvalue weighted by Crippen LogP contribution is 2.20. The van der Waals surface area contributed by atoms with Crippen LogP contribution in [0.25, 0.3) is 0 Å². The summed E-state index contributed by atoms with van der Waals surface area (Å²) in [6.07, 6.45) is 0. The third kappa shape index (κ3) is 3.92. The van der Waals surface area contributed by atoms with Gasteiger partial charge in [-0.1, -0.05) is 48.5 Å². The van der Waals surface area contributed by atoms with E-state index >= 15 is 0 Å². The van der Waals surface area contributed by atoms with Gasteiger partial charge in [0.1, 0.15) is 6.04 Å². The van der Waals surface area contributed by atoms with Crippen LogP contribution >= 0.6 is 0 Å². The minimum atomic E-state index is -0.824. The van der Waals surface area contributed by atoms with Gasteiger partial charge < -0.3 is 10.1 Å². The van der Waals surface area contributed by atoms with Crippen LogP contribution in [-0.4, -0.2) is 18.4 Å². The maximum absolute atomic E-state index is 12.3. The molecule has 4 heteroatoms. The van der Waals surface area contributed by atoms with Crippen LogP contribution in [0.3, 0.4) is 0 Å². The first kappa shape index (κ1) is 14.8. The van der Waals surface area contributed by atoms with Gasteiger partial charge in [-0.3, -0.25) is 4.79 Å². The molecule has 0 saturated carbocycles. The summed E-state index contributed by atoms with van der Waals surface area (Å²) in [4.78, 5) is 24.0. The molecule has 0 fully saturated rings. The molecular weight excluding hydrogens is 266 g/mol. The van der Waals surface area contributed by atoms with Crippen LogP contribution in [0.4, 0.5) is 5.69 Å². The normalized spacial score (nSPS) is 11.5. The van der Waals surface area contributed by atoms with E-state index in [4.69, 9.17) is 4.74 Å². The number of hydrogen-bond donors (Lipinski definition) is 1. The Hall–Kier alpha value is -2.62. The number of nitrogens with one attached hydrogen (secondary N) is 1. The van der Waals surface area contributed by atoms with Crippen molar-refractivity contribution < 1.29 is 14.3 Å². The highest BCUT2D eigenvalue weighted by molar-refractivity contribution is 6.36. The lowest BCUT2D eigenvalue weighted by molar-refractivity contribution is -0.153. The summed E-state index contributed by atoms with van der Waals surface area (Å²) in [5.41, 5.74) is 1.49. The number of esters is 1. The molecule has 0 heterocycles. The molecule has 2 rings (SSSR count). The zero-order valence-electron chi connectivity index (χ0n) is 11.8. The maximum atomic E-state index is 12.3. The number of hydrogen-bond acceptors (Lipinski definition) is 4. The number of para-hydroxylation sites is 1. The average Bonchev–Trinajstić information content (AvgIpc) is 2.54. The van der Waals surface area contributed by atoms with E-state index in [1.165, 1.54) is 0 Å². The van der Waals surface area contributed by atoms with Crippen LogP contribution in [0.15, 0.2) is 60.7 Å². The Labute approximate surface area is 123 Å². The fraction of sp³-hybridized carbons (Fsp3) is 0.176. The molecule has 4 nitrogen and oxygen atoms in total. The Morgan fingerprint density at radius 2 is 1.57 bits per heavy atom. The molecular formula is C17H17NO3. The van der Waals surface area contributed by atoms with Crippen LogP contribution in [0, 0.1) is 0 Å². The van der Waals surface area contributed by atoms with E-state index in [2.05, 4.69) is 5.32 Å². The molecule has 108 valence electrons. The lowest BCUT2D eigenvalue weighted by Crippen LogP contribution is -2.29. The summed E-state index contributed by atoms with van der Waals surface area (Å²) in [7, 11) is 0. The quantitative estimate of drug-likeness (QED) is 0.654. The number of rotatable bonds is 6. The second kappa shape index (κ2) is 7.24. The minimum absolute atomic E-state index is 0.178. The third-order valence-corrected chi connectivity index (χ3v) is 2.96. The summed E-state index contributed by atoms with van der Waals surface area (Å²) in [6, 6.07) is 17.7. The summed E-state index contributed by atoms with van der Waals surface area (Å²) in [6.45, 7) is 1.85. The van der Waals surface area contributed by atoms with E-state index in [9.17, 15) is 9.59 Å². The summed E-state index contributed by atoms with van der Waals surface area (Å²) in [5, 5.41) is 3.08. The molecule has 1 unspecified atom stereocenters. The summed E-state index contributed by atoms with van der Waals surface area (Å²) in [5.74, 6) is -1.43. The zero-order valence-corrected chi connectivity index (χ0v) is 11.8. The third-order valence-electron chi connectivity index (χ3n) is 2.96. The summed E-state index contributed by atoms with van der Waals surface area (Å²) >= 11 is 0. The number of Topliss-reactive ketones (excluding diaryl/α,β-unsaturated/α-hetero) is 1. The molecule has 0 bridgehead atoms. The smallest absolute Gasteiger partial charge is 0.377 e. The fourth-order valence-corrected chi connectivity index (χ4v) is 1.97. The highest BCUT2D eigenvalue weighted by atomic mass is 16.5. The van der Waals surface area contributed by atoms with Gasteiger partial charge in [0.25, 0.3) is 5.78 Å². The van der Waals surface area contributed by atoms with Crippen molar-refractivity contribution in [3.8, 4) is 0 Å². The molecule has 1 atom stereocenters. The topological polar surface area (TPSA) is 55.4 Å². The van der Waals surface area contributed by atoms with E-state index in [1.807, 2.05) is 48.5 Å². The summed E-state index contributed by atoms with van der Waals surface area (Å²) < 4.78 is 4.82. The van der Waals surface area contributed by atoms with Crippen molar-refractivity contribution in [2.45, 2.75) is 13.0 Å². The lowest BCUT2D eigenvalue weighted by atomic mass is 10.0. The van der Waals surface area contributed by atoms with Crippen molar-refractivity contribution in [2.24, 2.45) is 0 Å². The molecule has 2 aromatic carbocycles. The van der Waals surface area contributed by atoms with E-state index in [-0.39, 0.29) is 6.61 Å². The molecule has 21 heavy (non-hydrogen) atoms. The molecule has 0 amide bonds. The average molecular weight is 283 g/mol. The van der Waals surface area contributed by atoms with Gasteiger partial charge in [-0.15, -0.1) is 0 Å². The first-order chi connectivity index (χ1) is 10.2. The fourth-order valence-electron chi connectivity index (χ4n) is 1.97. The Balaban J connectivity index is 2.27. The molecule has 0 aliphatic carbocycles. The first-order valence-corrected chi connectivity index (χ1v) is 6.80. The van der Waals surface area contributed by atoms with Crippen LogP contribution in [-0.2, 0) is 14.3 Å². The second-order valence-corrected chi connectivity index (χ2v) is 4.44. The number of carbonyl (C=O) groups is 2. The molecule has 0 saturated heterocycles. The van der Waals surface area contributed by atoms with E-state index in [0.29, 0.717) is 0 Å². The molecule has 1 N–H and O–H groups in total. The molecule has 0 aliphatic rings. The van der Waals surface area contributed by atoms with Crippen LogP contribution in [0.2, 0.25) is 0 Å². The van der Waals surface area contributed by atoms with Gasteiger partial charge in [-0.05, 0) is 24.6 Å². The molecule has 0 radical (unpaired) electrons. The number of anilines is 1. The van der Waals surface area contributed by atoms with Crippen LogP contribution in [0.1, 0.15) is 18.5 Å². The van der Waals surface area contributed by atoms with Crippen molar-refractivity contribution in [3.63, 3.8) is 0 Å². The van der Waals surface area contributed by atoms with Gasteiger partial charge in [0, 0.05) is 5.69 Å². The van der Waals surface area contributed by atoms with Crippen molar-refractivity contribution in [3.05, 3.63) is 66.2 Å². The largest absolute Gasteiger partial charge is 0.460 e. The van der Waals surface area contributed by atoms with E-state index in [1.54, 1.807) is 19.1 Å². The zero-order chi connectivity index (χ0) is 15.1. The number of ketones is 1. The van der Waals surface area contributed by atoms with Gasteiger partial charge in [-0.2, -0.15) is 0 Å². The standard InChI is InChI=1S/C17H17NO3/c1-2-21-17(20)16(19)15(13-9-5-3-6-10-13)18-14-11-7-4-8-12-14/h3-12,15,18H,2H2,1H3. The van der Waals surface area contributed by atoms with Gasteiger partial charge in [-0.25, -0.2) is 4.79 Å². The monoisotopic (exact) mass is 283 g/mol. The number of carbonyl (C=O) groups excluding carboxylic acids is 2. The SMILES string of the molecule is CCOC(=O)C(=O)C(Nc1ccccc1)c1ccccc1. The lowest BCUT2D eigenvalue weighted by Gasteiger charge is -2.18. The number of ether oxygens (including phenoxy) is 1. The molecule has 2 aromatic rings. The van der Waals surface area contributed by atoms with Gasteiger partial charge in [0.2, 0.25) is 0 Å². The van der Waals surface area contributed by atoms with E-state index in [0.717, 1.165) is 11.3 Å². The maximum Gasteiger partial charge on any atom is 0.377 e. The van der Waals surface area contributed by atoms with Crippen LogP contribution < -0.4 is 5.32 Å². The highest BCUT2D eigenvalue weighted by Gasteiger charge is 2.27. The van der Waals surface area contributed by atoms with E-state index < -0.39 is 17.8 Å². The molecule has 0 aromatic heterocycles. The number of benzene rings is 2. The predicted molar refractivity (Wildman–Crippen MR) is 80.9 cm³/mol. The molecule has 0 aliphatic heterocycles.